The summed E-state index contributed by atoms with van der Waals surface area (Å²) in [4.78, 5) is 14.2. The maximum absolute atomic E-state index is 12.4. The van der Waals surface area contributed by atoms with E-state index in [1.807, 2.05) is 0 Å². The van der Waals surface area contributed by atoms with E-state index in [0.29, 0.717) is 3.70 Å². The molecular formula is C7H3F2I2NO2. The van der Waals surface area contributed by atoms with Crippen molar-refractivity contribution in [2.24, 2.45) is 0 Å². The fourth-order valence-electron chi connectivity index (χ4n) is 0.872. The zero-order valence-corrected chi connectivity index (χ0v) is 10.8. The molecule has 0 spiro atoms. The second kappa shape index (κ2) is 4.64. The number of aromatic carboxylic acids is 1. The first-order valence-corrected chi connectivity index (χ1v) is 5.46. The summed E-state index contributed by atoms with van der Waals surface area (Å²) in [6, 6.07) is 1.44. The van der Waals surface area contributed by atoms with Gasteiger partial charge < -0.3 is 5.11 Å². The molecule has 7 heteroatoms. The third-order valence-corrected chi connectivity index (χ3v) is 2.79. The highest BCUT2D eigenvalue weighted by Crippen LogP contribution is 2.26. The highest BCUT2D eigenvalue weighted by molar-refractivity contribution is 14.1. The molecular weight excluding hydrogens is 422 g/mol. The molecule has 0 unspecified atom stereocenters. The second-order valence-corrected chi connectivity index (χ2v) is 4.56. The Kier molecular flexibility index (Phi) is 3.98. The minimum Gasteiger partial charge on any atom is -0.478 e. The number of alkyl halides is 2. The van der Waals surface area contributed by atoms with Crippen LogP contribution in [0.4, 0.5) is 8.78 Å². The van der Waals surface area contributed by atoms with Gasteiger partial charge in [0.25, 0.3) is 6.43 Å². The van der Waals surface area contributed by atoms with Crippen LogP contribution in [0.3, 0.4) is 0 Å². The Balaban J connectivity index is 3.44. The number of carboxylic acid groups (broad SMARTS) is 1. The predicted molar refractivity (Wildman–Crippen MR) is 61.6 cm³/mol. The van der Waals surface area contributed by atoms with Gasteiger partial charge in [-0.2, -0.15) is 0 Å². The largest absolute Gasteiger partial charge is 0.478 e. The van der Waals surface area contributed by atoms with Crippen molar-refractivity contribution in [1.29, 1.82) is 0 Å². The lowest BCUT2D eigenvalue weighted by atomic mass is 10.2. The van der Waals surface area contributed by atoms with Gasteiger partial charge in [-0.25, -0.2) is 18.6 Å². The van der Waals surface area contributed by atoms with E-state index in [9.17, 15) is 13.6 Å². The van der Waals surface area contributed by atoms with E-state index in [1.54, 1.807) is 45.2 Å². The predicted octanol–water partition coefficient (Wildman–Crippen LogP) is 2.93. The first-order chi connectivity index (χ1) is 6.43. The van der Waals surface area contributed by atoms with Gasteiger partial charge in [0.1, 0.15) is 15.0 Å². The van der Waals surface area contributed by atoms with Crippen molar-refractivity contribution in [3.63, 3.8) is 0 Å². The van der Waals surface area contributed by atoms with Crippen molar-refractivity contribution in [1.82, 2.24) is 4.98 Å². The molecule has 1 aromatic rings. The number of carboxylic acids is 1. The highest BCUT2D eigenvalue weighted by atomic mass is 127. The van der Waals surface area contributed by atoms with E-state index in [4.69, 9.17) is 5.11 Å². The summed E-state index contributed by atoms with van der Waals surface area (Å²) in [5, 5.41) is 8.71. The third-order valence-electron chi connectivity index (χ3n) is 1.39. The van der Waals surface area contributed by atoms with Gasteiger partial charge >= 0.3 is 5.97 Å². The molecule has 0 radical (unpaired) electrons. The van der Waals surface area contributed by atoms with E-state index in [0.717, 1.165) is 0 Å². The number of nitrogens with zero attached hydrogens (tertiary/aromatic N) is 1. The minimum atomic E-state index is -2.87. The topological polar surface area (TPSA) is 50.2 Å². The second-order valence-electron chi connectivity index (χ2n) is 2.29. The molecule has 0 bridgehead atoms. The molecule has 0 aliphatic carbocycles. The quantitative estimate of drug-likeness (QED) is 0.586. The molecule has 1 heterocycles. The van der Waals surface area contributed by atoms with Crippen LogP contribution in [0.5, 0.6) is 0 Å². The zero-order chi connectivity index (χ0) is 10.9. The monoisotopic (exact) mass is 425 g/mol. The van der Waals surface area contributed by atoms with Crippen LogP contribution in [-0.2, 0) is 0 Å². The Bertz CT molecular complexity index is 384. The molecule has 76 valence electrons. The first kappa shape index (κ1) is 12.0. The molecule has 0 amide bonds. The Morgan fingerprint density at radius 3 is 2.50 bits per heavy atom. The fourth-order valence-corrected chi connectivity index (χ4v) is 2.84. The van der Waals surface area contributed by atoms with Crippen molar-refractivity contribution in [2.45, 2.75) is 6.43 Å². The van der Waals surface area contributed by atoms with E-state index < -0.39 is 23.7 Å². The molecule has 3 nitrogen and oxygen atoms in total. The third kappa shape index (κ3) is 2.49. The lowest BCUT2D eigenvalue weighted by Gasteiger charge is -2.06. The Morgan fingerprint density at radius 1 is 1.50 bits per heavy atom. The molecule has 0 saturated heterocycles. The van der Waals surface area contributed by atoms with E-state index in [-0.39, 0.29) is 3.57 Å². The van der Waals surface area contributed by atoms with Gasteiger partial charge in [-0.15, -0.1) is 0 Å². The van der Waals surface area contributed by atoms with Gasteiger partial charge in [-0.3, -0.25) is 0 Å². The number of halogens is 4. The summed E-state index contributed by atoms with van der Waals surface area (Å²) in [5.74, 6) is -1.38. The van der Waals surface area contributed by atoms with E-state index >= 15 is 0 Å². The van der Waals surface area contributed by atoms with Crippen LogP contribution in [0.25, 0.3) is 0 Å². The van der Waals surface area contributed by atoms with Crippen LogP contribution in [-0.4, -0.2) is 16.1 Å². The lowest BCUT2D eigenvalue weighted by molar-refractivity contribution is 0.0680. The molecule has 1 aromatic heterocycles. The number of hydrogen-bond acceptors (Lipinski definition) is 2. The lowest BCUT2D eigenvalue weighted by Crippen LogP contribution is -2.09. The number of carbonyl (C=O) groups is 1. The normalized spacial score (nSPS) is 10.6. The first-order valence-electron chi connectivity index (χ1n) is 3.31. The summed E-state index contributed by atoms with van der Waals surface area (Å²) in [6.45, 7) is 0. The Hall–Kier alpha value is -0.0600. The molecule has 0 fully saturated rings. The standard InChI is InChI=1S/C7H3F2I2NO2/c8-6(9)5-4(7(13)14)2(10)1-3(11)12-5/h1,6H,(H,13,14). The van der Waals surface area contributed by atoms with Crippen molar-refractivity contribution in [3.8, 4) is 0 Å². The molecule has 1 rings (SSSR count). The summed E-state index contributed by atoms with van der Waals surface area (Å²) in [5.41, 5.74) is -1.09. The van der Waals surface area contributed by atoms with Gasteiger partial charge in [-0.1, -0.05) is 0 Å². The van der Waals surface area contributed by atoms with E-state index in [2.05, 4.69) is 4.98 Å². The average Bonchev–Trinajstić information content (AvgIpc) is 2.01. The SMILES string of the molecule is O=C(O)c1c(I)cc(I)nc1C(F)F. The van der Waals surface area contributed by atoms with Crippen LogP contribution in [0.1, 0.15) is 22.5 Å². The summed E-state index contributed by atoms with van der Waals surface area (Å²) < 4.78 is 25.5. The average molecular weight is 425 g/mol. The van der Waals surface area contributed by atoms with Crippen molar-refractivity contribution < 1.29 is 18.7 Å². The van der Waals surface area contributed by atoms with Crippen LogP contribution >= 0.6 is 45.2 Å². The van der Waals surface area contributed by atoms with Gasteiger partial charge in [-0.05, 0) is 51.2 Å². The zero-order valence-electron chi connectivity index (χ0n) is 6.47. The fraction of sp³-hybridized carbons (Fsp3) is 0.143. The Labute approximate surface area is 105 Å². The maximum atomic E-state index is 12.4. The summed E-state index contributed by atoms with van der Waals surface area (Å²) in [6.07, 6.45) is -2.87. The van der Waals surface area contributed by atoms with E-state index in [1.165, 1.54) is 6.07 Å². The number of aromatic nitrogens is 1. The van der Waals surface area contributed by atoms with Gasteiger partial charge in [0.2, 0.25) is 0 Å². The summed E-state index contributed by atoms with van der Waals surface area (Å²) in [7, 11) is 0. The minimum absolute atomic E-state index is 0.268. The summed E-state index contributed by atoms with van der Waals surface area (Å²) >= 11 is 3.46. The molecule has 14 heavy (non-hydrogen) atoms. The molecule has 0 aliphatic rings. The smallest absolute Gasteiger partial charge is 0.338 e. The van der Waals surface area contributed by atoms with Crippen LogP contribution in [0, 0.1) is 7.27 Å². The van der Waals surface area contributed by atoms with Gasteiger partial charge in [0, 0.05) is 3.57 Å². The molecule has 1 N–H and O–H groups in total. The molecule has 0 atom stereocenters. The number of rotatable bonds is 2. The van der Waals surface area contributed by atoms with Crippen LogP contribution in [0.15, 0.2) is 6.07 Å². The van der Waals surface area contributed by atoms with Gasteiger partial charge in [0.05, 0.1) is 0 Å². The Morgan fingerprint density at radius 2 is 2.07 bits per heavy atom. The van der Waals surface area contributed by atoms with Crippen LogP contribution < -0.4 is 0 Å². The number of pyridine rings is 1. The molecule has 0 aliphatic heterocycles. The maximum Gasteiger partial charge on any atom is 0.338 e. The van der Waals surface area contributed by atoms with Crippen molar-refractivity contribution in [2.75, 3.05) is 0 Å². The number of hydrogen-bond donors (Lipinski definition) is 1. The van der Waals surface area contributed by atoms with Crippen molar-refractivity contribution >= 4 is 51.2 Å². The molecule has 0 saturated carbocycles. The van der Waals surface area contributed by atoms with Crippen molar-refractivity contribution in [3.05, 3.63) is 24.6 Å². The molecule has 0 aromatic carbocycles. The van der Waals surface area contributed by atoms with Crippen LogP contribution in [0.2, 0.25) is 0 Å². The van der Waals surface area contributed by atoms with Gasteiger partial charge in [0.15, 0.2) is 0 Å². The highest BCUT2D eigenvalue weighted by Gasteiger charge is 2.23.